The Morgan fingerprint density at radius 3 is 3.00 bits per heavy atom. The zero-order valence-electron chi connectivity index (χ0n) is 13.0. The van der Waals surface area contributed by atoms with Gasteiger partial charge in [-0.1, -0.05) is 19.8 Å². The van der Waals surface area contributed by atoms with Gasteiger partial charge in [0.25, 0.3) is 0 Å². The zero-order chi connectivity index (χ0) is 15.7. The number of nitrogens with zero attached hydrogens (tertiary/aromatic N) is 1. The van der Waals surface area contributed by atoms with Crippen LogP contribution in [0.25, 0.3) is 0 Å². The smallest absolute Gasteiger partial charge is 0.244 e. The number of aromatic hydroxyl groups is 1. The van der Waals surface area contributed by atoms with Crippen molar-refractivity contribution in [2.75, 3.05) is 7.11 Å². The number of benzene rings is 1. The molecule has 118 valence electrons. The first-order chi connectivity index (χ1) is 10.6. The summed E-state index contributed by atoms with van der Waals surface area (Å²) in [7, 11) is 1.49. The number of ether oxygens (including phenoxy) is 1. The molecule has 0 saturated heterocycles. The molecule has 22 heavy (non-hydrogen) atoms. The highest BCUT2D eigenvalue weighted by atomic mass is 16.5. The lowest BCUT2D eigenvalue weighted by Crippen LogP contribution is -2.22. The van der Waals surface area contributed by atoms with Gasteiger partial charge in [-0.25, -0.2) is 5.43 Å². The number of hydrazone groups is 1. The highest BCUT2D eigenvalue weighted by Gasteiger charge is 2.64. The van der Waals surface area contributed by atoms with Crippen LogP contribution in [0.3, 0.4) is 0 Å². The van der Waals surface area contributed by atoms with Crippen LogP contribution in [-0.4, -0.2) is 24.3 Å². The van der Waals surface area contributed by atoms with Crippen LogP contribution in [0.4, 0.5) is 0 Å². The lowest BCUT2D eigenvalue weighted by Gasteiger charge is -2.15. The van der Waals surface area contributed by atoms with Gasteiger partial charge >= 0.3 is 0 Å². The number of fused-ring (bicyclic) bond motifs is 1. The average molecular weight is 302 g/mol. The Balaban J connectivity index is 1.59. The number of nitrogens with one attached hydrogen (secondary N) is 1. The minimum Gasteiger partial charge on any atom is -0.504 e. The Kier molecular flexibility index (Phi) is 3.81. The molecule has 2 aliphatic rings. The maximum atomic E-state index is 12.3. The molecule has 2 N–H and O–H groups in total. The third-order valence-corrected chi connectivity index (χ3v) is 5.21. The highest BCUT2D eigenvalue weighted by molar-refractivity contribution is 5.86. The maximum absolute atomic E-state index is 12.3. The summed E-state index contributed by atoms with van der Waals surface area (Å²) in [5, 5.41) is 13.6. The number of rotatable bonds is 4. The minimum absolute atomic E-state index is 0.0244. The van der Waals surface area contributed by atoms with Gasteiger partial charge in [-0.2, -0.15) is 5.10 Å². The number of phenolic OH excluding ortho intramolecular Hbond substituents is 1. The molecule has 1 amide bonds. The van der Waals surface area contributed by atoms with E-state index in [9.17, 15) is 9.90 Å². The van der Waals surface area contributed by atoms with Gasteiger partial charge < -0.3 is 9.84 Å². The molecule has 3 rings (SSSR count). The Morgan fingerprint density at radius 1 is 1.50 bits per heavy atom. The van der Waals surface area contributed by atoms with Gasteiger partial charge in [-0.15, -0.1) is 0 Å². The Bertz CT molecular complexity index is 614. The fourth-order valence-electron chi connectivity index (χ4n) is 3.86. The molecule has 0 spiro atoms. The fraction of sp³-hybridized carbons (Fsp3) is 0.529. The van der Waals surface area contributed by atoms with E-state index in [1.165, 1.54) is 20.0 Å². The number of methoxy groups -OCH3 is 1. The molecule has 0 bridgehead atoms. The molecule has 1 aromatic carbocycles. The van der Waals surface area contributed by atoms with E-state index in [0.29, 0.717) is 11.7 Å². The molecule has 0 radical (unpaired) electrons. The van der Waals surface area contributed by atoms with Gasteiger partial charge in [0.1, 0.15) is 0 Å². The SMILES string of the molecule is COc1cc(C=NNC(=O)[C@@H]2[C@H]3CCCC[C@@]32C)ccc1O. The van der Waals surface area contributed by atoms with E-state index in [1.54, 1.807) is 24.4 Å². The van der Waals surface area contributed by atoms with E-state index < -0.39 is 0 Å². The van der Waals surface area contributed by atoms with Crippen LogP contribution >= 0.6 is 0 Å². The van der Waals surface area contributed by atoms with Crippen LogP contribution in [0.5, 0.6) is 11.5 Å². The standard InChI is InChI=1S/C17H22N2O3/c1-17-8-4-3-5-12(17)15(17)16(21)19-18-10-11-6-7-13(20)14(9-11)22-2/h6-7,9-10,12,15,20H,3-5,8H2,1-2H3,(H,19,21)/t12-,15+,17+/m1/s1. The Labute approximate surface area is 130 Å². The maximum Gasteiger partial charge on any atom is 0.244 e. The van der Waals surface area contributed by atoms with E-state index in [0.717, 1.165) is 18.4 Å². The van der Waals surface area contributed by atoms with Gasteiger partial charge in [0, 0.05) is 5.92 Å². The molecule has 2 saturated carbocycles. The first-order valence-corrected chi connectivity index (χ1v) is 7.76. The zero-order valence-corrected chi connectivity index (χ0v) is 13.0. The summed E-state index contributed by atoms with van der Waals surface area (Å²) in [5.41, 5.74) is 3.61. The second kappa shape index (κ2) is 5.63. The van der Waals surface area contributed by atoms with Crippen molar-refractivity contribution in [2.24, 2.45) is 22.4 Å². The predicted octanol–water partition coefficient (Wildman–Crippen LogP) is 2.68. The number of amides is 1. The molecule has 0 unspecified atom stereocenters. The summed E-state index contributed by atoms with van der Waals surface area (Å²) >= 11 is 0. The second-order valence-corrected chi connectivity index (χ2v) is 6.50. The molecular weight excluding hydrogens is 280 g/mol. The normalized spacial score (nSPS) is 29.9. The quantitative estimate of drug-likeness (QED) is 0.663. The first kappa shape index (κ1) is 14.9. The van der Waals surface area contributed by atoms with Crippen LogP contribution in [-0.2, 0) is 4.79 Å². The summed E-state index contributed by atoms with van der Waals surface area (Å²) < 4.78 is 5.04. The summed E-state index contributed by atoms with van der Waals surface area (Å²) in [5.74, 6) is 1.14. The van der Waals surface area contributed by atoms with Crippen LogP contribution in [0.15, 0.2) is 23.3 Å². The molecule has 2 aliphatic carbocycles. The lowest BCUT2D eigenvalue weighted by molar-refractivity contribution is -0.123. The molecular formula is C17H22N2O3. The third-order valence-electron chi connectivity index (χ3n) is 5.21. The summed E-state index contributed by atoms with van der Waals surface area (Å²) in [6.45, 7) is 2.22. The van der Waals surface area contributed by atoms with Crippen molar-refractivity contribution < 1.29 is 14.6 Å². The van der Waals surface area contributed by atoms with E-state index >= 15 is 0 Å². The van der Waals surface area contributed by atoms with E-state index in [1.807, 2.05) is 0 Å². The van der Waals surface area contributed by atoms with Crippen LogP contribution in [0, 0.1) is 17.3 Å². The molecule has 5 nitrogen and oxygen atoms in total. The van der Waals surface area contributed by atoms with Crippen molar-refractivity contribution in [1.29, 1.82) is 0 Å². The van der Waals surface area contributed by atoms with E-state index in [-0.39, 0.29) is 23.0 Å². The van der Waals surface area contributed by atoms with Gasteiger partial charge in [0.15, 0.2) is 11.5 Å². The number of hydrogen-bond donors (Lipinski definition) is 2. The second-order valence-electron chi connectivity index (χ2n) is 6.50. The third kappa shape index (κ3) is 2.56. The van der Waals surface area contributed by atoms with Crippen molar-refractivity contribution >= 4 is 12.1 Å². The molecule has 0 aromatic heterocycles. The van der Waals surface area contributed by atoms with Crippen molar-refractivity contribution in [2.45, 2.75) is 32.6 Å². The monoisotopic (exact) mass is 302 g/mol. The van der Waals surface area contributed by atoms with Gasteiger partial charge in [-0.05, 0) is 47.9 Å². The predicted molar refractivity (Wildman–Crippen MR) is 84.0 cm³/mol. The van der Waals surface area contributed by atoms with Gasteiger partial charge in [0.05, 0.1) is 13.3 Å². The fourth-order valence-corrected chi connectivity index (χ4v) is 3.86. The van der Waals surface area contributed by atoms with Crippen molar-refractivity contribution in [3.63, 3.8) is 0 Å². The molecule has 3 atom stereocenters. The highest BCUT2D eigenvalue weighted by Crippen LogP contribution is 2.66. The number of carbonyl (C=O) groups is 1. The Morgan fingerprint density at radius 2 is 2.32 bits per heavy atom. The van der Waals surface area contributed by atoms with E-state index in [2.05, 4.69) is 17.5 Å². The lowest BCUT2D eigenvalue weighted by atomic mass is 9.90. The molecule has 5 heteroatoms. The average Bonchev–Trinajstić information content (AvgIpc) is 3.14. The molecule has 0 heterocycles. The van der Waals surface area contributed by atoms with Crippen molar-refractivity contribution in [3.05, 3.63) is 23.8 Å². The molecule has 0 aliphatic heterocycles. The largest absolute Gasteiger partial charge is 0.504 e. The van der Waals surface area contributed by atoms with Crippen molar-refractivity contribution in [1.82, 2.24) is 5.43 Å². The van der Waals surface area contributed by atoms with Crippen LogP contribution < -0.4 is 10.2 Å². The van der Waals surface area contributed by atoms with Crippen LogP contribution in [0.2, 0.25) is 0 Å². The molecule has 1 aromatic rings. The number of phenols is 1. The molecule has 2 fully saturated rings. The first-order valence-electron chi connectivity index (χ1n) is 7.76. The van der Waals surface area contributed by atoms with Gasteiger partial charge in [0.2, 0.25) is 5.91 Å². The van der Waals surface area contributed by atoms with Gasteiger partial charge in [-0.3, -0.25) is 4.79 Å². The van der Waals surface area contributed by atoms with Crippen molar-refractivity contribution in [3.8, 4) is 11.5 Å². The Hall–Kier alpha value is -2.04. The number of carbonyl (C=O) groups excluding carboxylic acids is 1. The summed E-state index contributed by atoms with van der Waals surface area (Å²) in [6.07, 6.45) is 6.34. The summed E-state index contributed by atoms with van der Waals surface area (Å²) in [6, 6.07) is 4.92. The number of hydrogen-bond acceptors (Lipinski definition) is 4. The minimum atomic E-state index is 0.0244. The van der Waals surface area contributed by atoms with E-state index in [4.69, 9.17) is 4.74 Å². The topological polar surface area (TPSA) is 70.9 Å². The van der Waals surface area contributed by atoms with Crippen LogP contribution in [0.1, 0.15) is 38.2 Å². The summed E-state index contributed by atoms with van der Waals surface area (Å²) in [4.78, 5) is 12.3.